The minimum atomic E-state index is -0.177. The maximum atomic E-state index is 12.0. The van der Waals surface area contributed by atoms with Crippen LogP contribution in [0.5, 0.6) is 0 Å². The van der Waals surface area contributed by atoms with E-state index in [1.54, 1.807) is 17.8 Å². The van der Waals surface area contributed by atoms with Gasteiger partial charge in [0.2, 0.25) is 5.91 Å². The summed E-state index contributed by atoms with van der Waals surface area (Å²) < 4.78 is 1.81. The molecule has 3 aromatic rings. The van der Waals surface area contributed by atoms with Crippen molar-refractivity contribution in [2.45, 2.75) is 19.9 Å². The number of benzene rings is 1. The van der Waals surface area contributed by atoms with Crippen LogP contribution in [0.1, 0.15) is 11.5 Å². The summed E-state index contributed by atoms with van der Waals surface area (Å²) in [6.45, 7) is 2.37. The van der Waals surface area contributed by atoms with Crippen molar-refractivity contribution in [2.75, 3.05) is 6.54 Å². The van der Waals surface area contributed by atoms with E-state index in [-0.39, 0.29) is 18.0 Å². The molecule has 0 fully saturated rings. The Morgan fingerprint density at radius 2 is 2.17 bits per heavy atom. The Kier molecular flexibility index (Phi) is 4.18. The Hall–Kier alpha value is -2.96. The third-order valence-electron chi connectivity index (χ3n) is 3.46. The van der Waals surface area contributed by atoms with Gasteiger partial charge in [-0.15, -0.1) is 0 Å². The smallest absolute Gasteiger partial charge is 0.251 e. The number of carbonyl (C=O) groups is 1. The lowest BCUT2D eigenvalue weighted by molar-refractivity contribution is -0.121. The van der Waals surface area contributed by atoms with Gasteiger partial charge in [-0.25, -0.2) is 9.97 Å². The number of hydrogen-bond donors (Lipinski definition) is 2. The van der Waals surface area contributed by atoms with Crippen LogP contribution in [0.3, 0.4) is 0 Å². The van der Waals surface area contributed by atoms with E-state index in [2.05, 4.69) is 20.3 Å². The number of para-hydroxylation sites is 2. The fourth-order valence-electron chi connectivity index (χ4n) is 2.45. The fourth-order valence-corrected chi connectivity index (χ4v) is 2.45. The van der Waals surface area contributed by atoms with Gasteiger partial charge in [-0.1, -0.05) is 12.1 Å². The van der Waals surface area contributed by atoms with E-state index >= 15 is 0 Å². The van der Waals surface area contributed by atoms with Crippen LogP contribution in [-0.4, -0.2) is 32.0 Å². The number of nitrogens with one attached hydrogen (secondary N) is 2. The molecule has 0 saturated heterocycles. The van der Waals surface area contributed by atoms with E-state index in [4.69, 9.17) is 0 Å². The molecule has 0 aliphatic heterocycles. The number of imidazole rings is 1. The van der Waals surface area contributed by atoms with Gasteiger partial charge in [-0.2, -0.15) is 0 Å². The Labute approximate surface area is 132 Å². The van der Waals surface area contributed by atoms with Gasteiger partial charge >= 0.3 is 0 Å². The molecular weight excluding hydrogens is 294 g/mol. The molecule has 1 amide bonds. The van der Waals surface area contributed by atoms with E-state index in [0.717, 1.165) is 11.0 Å². The summed E-state index contributed by atoms with van der Waals surface area (Å²) in [6, 6.07) is 9.11. The Morgan fingerprint density at radius 1 is 1.35 bits per heavy atom. The van der Waals surface area contributed by atoms with Gasteiger partial charge in [-0.05, 0) is 19.1 Å². The molecule has 0 aliphatic carbocycles. The summed E-state index contributed by atoms with van der Waals surface area (Å²) in [5.41, 5.74) is 2.28. The number of fused-ring (bicyclic) bond motifs is 1. The van der Waals surface area contributed by atoms with Crippen LogP contribution in [0, 0.1) is 6.92 Å². The Balaban J connectivity index is 1.56. The highest BCUT2D eigenvalue weighted by Gasteiger charge is 2.07. The third kappa shape index (κ3) is 3.63. The van der Waals surface area contributed by atoms with Crippen LogP contribution in [0.2, 0.25) is 0 Å². The number of nitrogens with zero attached hydrogens (tertiary/aromatic N) is 3. The first kappa shape index (κ1) is 15.0. The van der Waals surface area contributed by atoms with Crippen molar-refractivity contribution < 1.29 is 4.79 Å². The number of rotatable bonds is 5. The molecule has 0 spiro atoms. The summed E-state index contributed by atoms with van der Waals surface area (Å²) in [5, 5.41) is 2.83. The van der Waals surface area contributed by atoms with Crippen molar-refractivity contribution >= 4 is 16.9 Å². The molecule has 0 radical (unpaired) electrons. The topological polar surface area (TPSA) is 92.7 Å². The third-order valence-corrected chi connectivity index (χ3v) is 3.46. The number of H-pyrrole nitrogens is 1. The first-order valence-electron chi connectivity index (χ1n) is 7.35. The van der Waals surface area contributed by atoms with E-state index < -0.39 is 0 Å². The van der Waals surface area contributed by atoms with Gasteiger partial charge in [-0.3, -0.25) is 9.59 Å². The van der Waals surface area contributed by atoms with E-state index in [9.17, 15) is 9.59 Å². The van der Waals surface area contributed by atoms with Crippen molar-refractivity contribution in [3.05, 3.63) is 58.5 Å². The summed E-state index contributed by atoms with van der Waals surface area (Å²) in [6.07, 6.45) is 2.17. The summed E-state index contributed by atoms with van der Waals surface area (Å²) in [5.74, 6) is 0.471. The second kappa shape index (κ2) is 6.43. The second-order valence-electron chi connectivity index (χ2n) is 5.28. The molecule has 2 heterocycles. The lowest BCUT2D eigenvalue weighted by Crippen LogP contribution is -2.29. The molecule has 2 aromatic heterocycles. The van der Waals surface area contributed by atoms with Crippen LogP contribution < -0.4 is 10.9 Å². The summed E-state index contributed by atoms with van der Waals surface area (Å²) in [7, 11) is 0. The molecule has 2 N–H and O–H groups in total. The van der Waals surface area contributed by atoms with Gasteiger partial charge in [0.1, 0.15) is 12.4 Å². The zero-order valence-electron chi connectivity index (χ0n) is 12.7. The van der Waals surface area contributed by atoms with Crippen molar-refractivity contribution in [1.82, 2.24) is 24.8 Å². The Bertz CT molecular complexity index is 897. The predicted octanol–water partition coefficient (Wildman–Crippen LogP) is 0.787. The molecule has 23 heavy (non-hydrogen) atoms. The molecule has 3 rings (SSSR count). The second-order valence-corrected chi connectivity index (χ2v) is 5.28. The van der Waals surface area contributed by atoms with Gasteiger partial charge in [0.25, 0.3) is 5.56 Å². The van der Waals surface area contributed by atoms with E-state index in [1.807, 2.05) is 24.3 Å². The first-order valence-corrected chi connectivity index (χ1v) is 7.35. The van der Waals surface area contributed by atoms with Crippen molar-refractivity contribution in [2.24, 2.45) is 0 Å². The van der Waals surface area contributed by atoms with Crippen LogP contribution in [0.4, 0.5) is 0 Å². The van der Waals surface area contributed by atoms with Crippen LogP contribution >= 0.6 is 0 Å². The first-order chi connectivity index (χ1) is 11.1. The average molecular weight is 311 g/mol. The minimum absolute atomic E-state index is 0.102. The Morgan fingerprint density at radius 3 is 3.00 bits per heavy atom. The lowest BCUT2D eigenvalue weighted by atomic mass is 10.3. The SMILES string of the molecule is Cc1nc(CCNC(=O)Cn2cnc3ccccc32)cc(=O)[nH]1. The number of carbonyl (C=O) groups excluding carboxylic acids is 1. The van der Waals surface area contributed by atoms with E-state index in [1.165, 1.54) is 6.07 Å². The molecule has 7 heteroatoms. The quantitative estimate of drug-likeness (QED) is 0.728. The number of aromatic amines is 1. The van der Waals surface area contributed by atoms with Crippen LogP contribution in [0.25, 0.3) is 11.0 Å². The number of aryl methyl sites for hydroxylation is 1. The monoisotopic (exact) mass is 311 g/mol. The fraction of sp³-hybridized carbons (Fsp3) is 0.250. The van der Waals surface area contributed by atoms with Crippen LogP contribution in [-0.2, 0) is 17.8 Å². The molecule has 1 aromatic carbocycles. The molecule has 0 aliphatic rings. The number of aromatic nitrogens is 4. The predicted molar refractivity (Wildman–Crippen MR) is 86.0 cm³/mol. The average Bonchev–Trinajstić information content (AvgIpc) is 2.90. The molecule has 0 atom stereocenters. The van der Waals surface area contributed by atoms with Crippen molar-refractivity contribution in [3.8, 4) is 0 Å². The molecule has 118 valence electrons. The molecule has 7 nitrogen and oxygen atoms in total. The summed E-state index contributed by atoms with van der Waals surface area (Å²) >= 11 is 0. The normalized spacial score (nSPS) is 10.8. The number of amides is 1. The molecule has 0 bridgehead atoms. The van der Waals surface area contributed by atoms with Crippen molar-refractivity contribution in [3.63, 3.8) is 0 Å². The molecule has 0 unspecified atom stereocenters. The zero-order valence-corrected chi connectivity index (χ0v) is 12.7. The maximum absolute atomic E-state index is 12.0. The maximum Gasteiger partial charge on any atom is 0.251 e. The van der Waals surface area contributed by atoms with Gasteiger partial charge < -0.3 is 14.9 Å². The highest BCUT2D eigenvalue weighted by molar-refractivity contribution is 5.80. The van der Waals surface area contributed by atoms with Crippen LogP contribution in [0.15, 0.2) is 41.5 Å². The van der Waals surface area contributed by atoms with Crippen molar-refractivity contribution in [1.29, 1.82) is 0 Å². The largest absolute Gasteiger partial charge is 0.354 e. The minimum Gasteiger partial charge on any atom is -0.354 e. The van der Waals surface area contributed by atoms with E-state index in [0.29, 0.717) is 24.5 Å². The zero-order chi connectivity index (χ0) is 16.2. The highest BCUT2D eigenvalue weighted by atomic mass is 16.2. The van der Waals surface area contributed by atoms with Gasteiger partial charge in [0.05, 0.1) is 17.4 Å². The standard InChI is InChI=1S/C16H17N5O2/c1-11-19-12(8-15(22)20-11)6-7-17-16(23)9-21-10-18-13-4-2-3-5-14(13)21/h2-5,8,10H,6-7,9H2,1H3,(H,17,23)(H,19,20,22). The van der Waals surface area contributed by atoms with Gasteiger partial charge in [0, 0.05) is 24.7 Å². The molecular formula is C16H17N5O2. The lowest BCUT2D eigenvalue weighted by Gasteiger charge is -2.07. The number of hydrogen-bond acceptors (Lipinski definition) is 4. The summed E-state index contributed by atoms with van der Waals surface area (Å²) in [4.78, 5) is 34.5. The van der Waals surface area contributed by atoms with Gasteiger partial charge in [0.15, 0.2) is 0 Å². The molecule has 0 saturated carbocycles. The highest BCUT2D eigenvalue weighted by Crippen LogP contribution is 2.11.